The first-order valence-corrected chi connectivity index (χ1v) is 16.3. The van der Waals surface area contributed by atoms with Crippen LogP contribution in [0.4, 0.5) is 0 Å². The van der Waals surface area contributed by atoms with Crippen molar-refractivity contribution in [2.45, 2.75) is 26.7 Å². The summed E-state index contributed by atoms with van der Waals surface area (Å²) < 4.78 is 2.05. The summed E-state index contributed by atoms with van der Waals surface area (Å²) in [4.78, 5) is 9.60. The number of rotatable bonds is 7. The molecule has 8 aromatic rings. The van der Waals surface area contributed by atoms with E-state index in [0.717, 1.165) is 51.5 Å². The first kappa shape index (κ1) is 32.2. The van der Waals surface area contributed by atoms with Gasteiger partial charge in [0, 0.05) is 50.7 Å². The topological polar surface area (TPSA) is 50.9 Å². The number of hydrogen-bond acceptors (Lipinski definition) is 3. The third kappa shape index (κ3) is 6.33. The van der Waals surface area contributed by atoms with Gasteiger partial charge >= 0.3 is 0 Å². The van der Waals surface area contributed by atoms with Gasteiger partial charge in [0.2, 0.25) is 0 Å². The Bertz CT molecular complexity index is 2430. The summed E-state index contributed by atoms with van der Waals surface area (Å²) >= 11 is 0. The average molecular weight is 816 g/mol. The number of fused-ring (bicyclic) bond motifs is 2. The molecule has 6 aromatic carbocycles. The predicted molar refractivity (Wildman–Crippen MR) is 196 cm³/mol. The second kappa shape index (κ2) is 13.7. The van der Waals surface area contributed by atoms with Crippen LogP contribution in [0.1, 0.15) is 33.4 Å². The first-order chi connectivity index (χ1) is 23.5. The molecular formula is C44H34N3OPt-. The van der Waals surface area contributed by atoms with Crippen molar-refractivity contribution in [1.82, 2.24) is 14.5 Å². The van der Waals surface area contributed by atoms with Crippen LogP contribution in [0.15, 0.2) is 140 Å². The predicted octanol–water partition coefficient (Wildman–Crippen LogP) is 10.2. The van der Waals surface area contributed by atoms with Crippen LogP contribution in [0.2, 0.25) is 0 Å². The SMILES string of the molecule is Cc1cc(C)cc(-n2ccnc2-c2ccc3ccc(Cc4ccccc4Cc4cnc(-c5[c-]cccc5)c5ccccc45)cc3c2O)c1.[Pt]. The minimum Gasteiger partial charge on any atom is -0.507 e. The minimum absolute atomic E-state index is 0. The number of phenolic OH excluding ortho intramolecular Hbond substituents is 1. The Balaban J connectivity index is 0.00000378. The van der Waals surface area contributed by atoms with E-state index in [-0.39, 0.29) is 26.8 Å². The molecule has 0 unspecified atom stereocenters. The van der Waals surface area contributed by atoms with Gasteiger partial charge in [-0.25, -0.2) is 4.98 Å². The van der Waals surface area contributed by atoms with Crippen molar-refractivity contribution in [3.63, 3.8) is 0 Å². The summed E-state index contributed by atoms with van der Waals surface area (Å²) in [5.74, 6) is 0.958. The normalized spacial score (nSPS) is 11.1. The number of phenols is 1. The molecule has 0 aliphatic heterocycles. The van der Waals surface area contributed by atoms with Crippen LogP contribution in [0.3, 0.4) is 0 Å². The summed E-state index contributed by atoms with van der Waals surface area (Å²) in [7, 11) is 0. The van der Waals surface area contributed by atoms with E-state index in [1.165, 1.54) is 33.2 Å². The molecule has 4 nitrogen and oxygen atoms in total. The van der Waals surface area contributed by atoms with Crippen LogP contribution in [0.5, 0.6) is 5.75 Å². The molecule has 0 aliphatic carbocycles. The van der Waals surface area contributed by atoms with Crippen LogP contribution < -0.4 is 0 Å². The van der Waals surface area contributed by atoms with E-state index in [2.05, 4.69) is 122 Å². The van der Waals surface area contributed by atoms with Crippen LogP contribution in [-0.2, 0) is 33.9 Å². The Morgan fingerprint density at radius 2 is 1.39 bits per heavy atom. The average Bonchev–Trinajstić information content (AvgIpc) is 3.60. The minimum atomic E-state index is 0. The van der Waals surface area contributed by atoms with Gasteiger partial charge in [0.25, 0.3) is 0 Å². The van der Waals surface area contributed by atoms with E-state index in [9.17, 15) is 5.11 Å². The maximum Gasteiger partial charge on any atom is 0.148 e. The Labute approximate surface area is 301 Å². The zero-order chi connectivity index (χ0) is 32.6. The van der Waals surface area contributed by atoms with E-state index < -0.39 is 0 Å². The van der Waals surface area contributed by atoms with Gasteiger partial charge < -0.3 is 10.1 Å². The number of imidazole rings is 1. The molecule has 8 rings (SSSR count). The third-order valence-corrected chi connectivity index (χ3v) is 9.16. The van der Waals surface area contributed by atoms with Crippen molar-refractivity contribution in [3.05, 3.63) is 179 Å². The summed E-state index contributed by atoms with van der Waals surface area (Å²) in [6.07, 6.45) is 7.28. The van der Waals surface area contributed by atoms with Crippen LogP contribution >= 0.6 is 0 Å². The maximum atomic E-state index is 11.7. The van der Waals surface area contributed by atoms with Crippen molar-refractivity contribution < 1.29 is 26.2 Å². The molecule has 0 saturated carbocycles. The zero-order valence-corrected chi connectivity index (χ0v) is 29.6. The molecule has 0 saturated heterocycles. The second-order valence-corrected chi connectivity index (χ2v) is 12.6. The summed E-state index contributed by atoms with van der Waals surface area (Å²) in [6.45, 7) is 4.19. The van der Waals surface area contributed by atoms with Gasteiger partial charge in [-0.2, -0.15) is 0 Å². The molecule has 0 atom stereocenters. The molecule has 242 valence electrons. The van der Waals surface area contributed by atoms with Crippen molar-refractivity contribution in [2.75, 3.05) is 0 Å². The monoisotopic (exact) mass is 815 g/mol. The Morgan fingerprint density at radius 1 is 0.673 bits per heavy atom. The number of aromatic nitrogens is 3. The molecule has 0 spiro atoms. The largest absolute Gasteiger partial charge is 0.507 e. The Kier molecular flexibility index (Phi) is 8.99. The maximum absolute atomic E-state index is 11.7. The molecule has 5 heteroatoms. The molecule has 0 fully saturated rings. The van der Waals surface area contributed by atoms with Gasteiger partial charge in [0.1, 0.15) is 11.6 Å². The number of benzene rings is 6. The summed E-state index contributed by atoms with van der Waals surface area (Å²) in [5, 5.41) is 15.8. The molecule has 1 N–H and O–H groups in total. The Morgan fingerprint density at radius 3 is 2.16 bits per heavy atom. The van der Waals surface area contributed by atoms with Crippen LogP contribution in [0.25, 0.3) is 49.9 Å². The first-order valence-electron chi connectivity index (χ1n) is 16.3. The number of nitrogens with zero attached hydrogens (tertiary/aromatic N) is 3. The zero-order valence-electron chi connectivity index (χ0n) is 27.3. The van der Waals surface area contributed by atoms with E-state index in [0.29, 0.717) is 11.4 Å². The molecule has 0 radical (unpaired) electrons. The molecule has 49 heavy (non-hydrogen) atoms. The molecule has 2 aromatic heterocycles. The van der Waals surface area contributed by atoms with E-state index in [1.807, 2.05) is 41.2 Å². The van der Waals surface area contributed by atoms with Gasteiger partial charge in [-0.3, -0.25) is 4.57 Å². The number of pyridine rings is 1. The fourth-order valence-corrected chi connectivity index (χ4v) is 6.92. The van der Waals surface area contributed by atoms with E-state index in [1.54, 1.807) is 6.20 Å². The van der Waals surface area contributed by atoms with Crippen molar-refractivity contribution in [3.8, 4) is 34.1 Å². The quantitative estimate of drug-likeness (QED) is 0.163. The van der Waals surface area contributed by atoms with Crippen LogP contribution in [-0.4, -0.2) is 19.6 Å². The number of aryl methyl sites for hydroxylation is 2. The van der Waals surface area contributed by atoms with E-state index in [4.69, 9.17) is 4.98 Å². The molecule has 0 aliphatic rings. The van der Waals surface area contributed by atoms with Gasteiger partial charge in [-0.1, -0.05) is 72.8 Å². The molecule has 2 heterocycles. The summed E-state index contributed by atoms with van der Waals surface area (Å²) in [5.41, 5.74) is 10.9. The number of hydrogen-bond donors (Lipinski definition) is 1. The Hall–Kier alpha value is -5.31. The fourth-order valence-electron chi connectivity index (χ4n) is 6.92. The van der Waals surface area contributed by atoms with Crippen LogP contribution in [0, 0.1) is 19.9 Å². The van der Waals surface area contributed by atoms with Crippen molar-refractivity contribution in [1.29, 1.82) is 0 Å². The van der Waals surface area contributed by atoms with Gasteiger partial charge in [-0.15, -0.1) is 35.9 Å². The van der Waals surface area contributed by atoms with Gasteiger partial charge in [0.15, 0.2) is 0 Å². The van der Waals surface area contributed by atoms with Gasteiger partial charge in [-0.05, 0) is 106 Å². The van der Waals surface area contributed by atoms with Crippen molar-refractivity contribution in [2.24, 2.45) is 0 Å². The summed E-state index contributed by atoms with van der Waals surface area (Å²) in [6, 6.07) is 45.4. The van der Waals surface area contributed by atoms with Crippen molar-refractivity contribution >= 4 is 21.5 Å². The van der Waals surface area contributed by atoms with Gasteiger partial charge in [0.05, 0.1) is 5.56 Å². The molecular weight excluding hydrogens is 782 g/mol. The van der Waals surface area contributed by atoms with E-state index >= 15 is 0 Å². The molecule has 0 amide bonds. The number of aromatic hydroxyl groups is 1. The third-order valence-electron chi connectivity index (χ3n) is 9.16. The second-order valence-electron chi connectivity index (χ2n) is 12.6. The molecule has 0 bridgehead atoms. The smallest absolute Gasteiger partial charge is 0.148 e. The fraction of sp³-hybridized carbons (Fsp3) is 0.0909. The standard InChI is InChI=1S/C44H34N3O.Pt/c1-29-22-30(2)24-37(23-29)47-21-20-45-44(47)40-19-18-32-17-16-31(26-41(32)43(40)48)25-34-12-6-7-13-35(34)27-36-28-46-42(33-10-4-3-5-11-33)39-15-9-8-14-38(36)39;/h3-10,12-24,26,28,48H,25,27H2,1-2H3;/q-1;.